The topological polar surface area (TPSA) is 66.8 Å². The number of rotatable bonds is 4. The molecule has 0 spiro atoms. The Morgan fingerprint density at radius 1 is 0.912 bits per heavy atom. The van der Waals surface area contributed by atoms with Crippen LogP contribution in [0.2, 0.25) is 0 Å². The minimum atomic E-state index is -0.976. The molecule has 0 saturated carbocycles. The smallest absolute Gasteiger partial charge is 0.300 e. The van der Waals surface area contributed by atoms with Gasteiger partial charge in [-0.15, -0.1) is 0 Å². The van der Waals surface area contributed by atoms with Gasteiger partial charge in [-0.25, -0.2) is 4.39 Å². The Morgan fingerprint density at radius 2 is 1.65 bits per heavy atom. The van der Waals surface area contributed by atoms with Crippen LogP contribution in [-0.4, -0.2) is 23.9 Å². The number of methoxy groups -OCH3 is 1. The van der Waals surface area contributed by atoms with E-state index in [9.17, 15) is 19.1 Å². The van der Waals surface area contributed by atoms with Gasteiger partial charge in [-0.2, -0.15) is 0 Å². The predicted octanol–water partition coefficient (Wildman–Crippen LogP) is 5.61. The number of aliphatic hydroxyl groups is 1. The lowest BCUT2D eigenvalue weighted by molar-refractivity contribution is -0.132. The van der Waals surface area contributed by atoms with E-state index in [-0.39, 0.29) is 17.0 Å². The highest BCUT2D eigenvalue weighted by molar-refractivity contribution is 6.51. The van der Waals surface area contributed by atoms with Crippen molar-refractivity contribution < 1.29 is 23.8 Å². The Morgan fingerprint density at radius 3 is 2.44 bits per heavy atom. The van der Waals surface area contributed by atoms with Crippen molar-refractivity contribution in [2.24, 2.45) is 0 Å². The van der Waals surface area contributed by atoms with Crippen molar-refractivity contribution in [3.8, 4) is 5.75 Å². The summed E-state index contributed by atoms with van der Waals surface area (Å²) in [7, 11) is 1.51. The molecule has 4 aromatic carbocycles. The molecule has 1 N–H and O–H groups in total. The number of hydrogen-bond donors (Lipinski definition) is 1. The molecule has 1 saturated heterocycles. The number of nitrogens with zero attached hydrogens (tertiary/aromatic N) is 1. The molecule has 1 aliphatic rings. The van der Waals surface area contributed by atoms with Crippen LogP contribution < -0.4 is 9.64 Å². The summed E-state index contributed by atoms with van der Waals surface area (Å²) in [5.74, 6) is -2.00. The number of amides is 1. The number of fused-ring (bicyclic) bond motifs is 1. The highest BCUT2D eigenvalue weighted by Gasteiger charge is 2.47. The molecule has 1 fully saturated rings. The highest BCUT2D eigenvalue weighted by atomic mass is 19.1. The maximum atomic E-state index is 14.1. The van der Waals surface area contributed by atoms with Crippen LogP contribution in [0.1, 0.15) is 17.2 Å². The molecular formula is C28H20FNO4. The summed E-state index contributed by atoms with van der Waals surface area (Å²) in [6.45, 7) is 0. The molecule has 0 aliphatic carbocycles. The molecular weight excluding hydrogens is 433 g/mol. The van der Waals surface area contributed by atoms with E-state index < -0.39 is 23.5 Å². The van der Waals surface area contributed by atoms with Crippen molar-refractivity contribution in [1.82, 2.24) is 0 Å². The van der Waals surface area contributed by atoms with E-state index in [1.54, 1.807) is 42.5 Å². The number of benzene rings is 4. The minimum absolute atomic E-state index is 0.0705. The van der Waals surface area contributed by atoms with Gasteiger partial charge in [-0.1, -0.05) is 60.7 Å². The molecule has 6 heteroatoms. The number of Topliss-reactive ketones (excluding diaryl/α,β-unsaturated/α-hetero) is 1. The van der Waals surface area contributed by atoms with Gasteiger partial charge in [-0.3, -0.25) is 14.5 Å². The normalized spacial score (nSPS) is 17.4. The van der Waals surface area contributed by atoms with E-state index in [1.807, 2.05) is 30.3 Å². The lowest BCUT2D eigenvalue weighted by Crippen LogP contribution is -2.29. The molecule has 5 nitrogen and oxygen atoms in total. The fourth-order valence-electron chi connectivity index (χ4n) is 4.43. The van der Waals surface area contributed by atoms with Gasteiger partial charge in [0, 0.05) is 11.3 Å². The van der Waals surface area contributed by atoms with Gasteiger partial charge in [0.15, 0.2) is 0 Å². The van der Waals surface area contributed by atoms with Crippen molar-refractivity contribution in [3.05, 3.63) is 114 Å². The second kappa shape index (κ2) is 8.48. The van der Waals surface area contributed by atoms with Gasteiger partial charge in [0.1, 0.15) is 17.3 Å². The van der Waals surface area contributed by atoms with E-state index in [0.29, 0.717) is 16.9 Å². The number of ketones is 1. The summed E-state index contributed by atoms with van der Waals surface area (Å²) >= 11 is 0. The molecule has 0 radical (unpaired) electrons. The molecule has 1 aliphatic heterocycles. The Kier molecular flexibility index (Phi) is 5.34. The van der Waals surface area contributed by atoms with Crippen molar-refractivity contribution in [1.29, 1.82) is 0 Å². The zero-order valence-electron chi connectivity index (χ0n) is 18.2. The van der Waals surface area contributed by atoms with Crippen molar-refractivity contribution in [3.63, 3.8) is 0 Å². The van der Waals surface area contributed by atoms with Crippen LogP contribution >= 0.6 is 0 Å². The predicted molar refractivity (Wildman–Crippen MR) is 128 cm³/mol. The van der Waals surface area contributed by atoms with E-state index in [0.717, 1.165) is 10.8 Å². The van der Waals surface area contributed by atoms with Gasteiger partial charge in [-0.05, 0) is 46.7 Å². The first-order valence-corrected chi connectivity index (χ1v) is 10.7. The maximum Gasteiger partial charge on any atom is 0.300 e. The maximum absolute atomic E-state index is 14.1. The fourth-order valence-corrected chi connectivity index (χ4v) is 4.43. The summed E-state index contributed by atoms with van der Waals surface area (Å²) in [6.07, 6.45) is 0. The van der Waals surface area contributed by atoms with Crippen LogP contribution in [0.4, 0.5) is 10.1 Å². The molecule has 1 unspecified atom stereocenters. The largest absolute Gasteiger partial charge is 0.507 e. The first-order chi connectivity index (χ1) is 16.5. The second-order valence-electron chi connectivity index (χ2n) is 7.95. The first-order valence-electron chi connectivity index (χ1n) is 10.7. The zero-order valence-corrected chi connectivity index (χ0v) is 18.2. The number of ether oxygens (including phenoxy) is 1. The molecule has 34 heavy (non-hydrogen) atoms. The number of carbonyl (C=O) groups excluding carboxylic acids is 2. The summed E-state index contributed by atoms with van der Waals surface area (Å²) in [5, 5.41) is 13.1. The Bertz CT molecular complexity index is 1470. The van der Waals surface area contributed by atoms with Crippen LogP contribution in [-0.2, 0) is 9.59 Å². The van der Waals surface area contributed by atoms with Gasteiger partial charge >= 0.3 is 0 Å². The fraction of sp³-hybridized carbons (Fsp3) is 0.0714. The molecule has 0 bridgehead atoms. The quantitative estimate of drug-likeness (QED) is 0.248. The Labute approximate surface area is 195 Å². The average molecular weight is 453 g/mol. The number of halogens is 1. The van der Waals surface area contributed by atoms with Crippen LogP contribution in [0.15, 0.2) is 96.6 Å². The van der Waals surface area contributed by atoms with Crippen molar-refractivity contribution >= 4 is 33.9 Å². The lowest BCUT2D eigenvalue weighted by atomic mass is 9.93. The van der Waals surface area contributed by atoms with Crippen molar-refractivity contribution in [2.45, 2.75) is 6.04 Å². The monoisotopic (exact) mass is 453 g/mol. The Balaban J connectivity index is 1.79. The van der Waals surface area contributed by atoms with E-state index >= 15 is 0 Å². The standard InChI is InChI=1S/C28H20FNO4/c1-34-21-12-4-9-18(15-21)25-24(26(31)23-14-5-8-17-7-2-3-13-22(17)23)27(32)28(33)30(25)20-11-6-10-19(29)16-20/h2-16,25,31H,1H3/b26-24-. The average Bonchev–Trinajstić information content (AvgIpc) is 3.13. The van der Waals surface area contributed by atoms with Gasteiger partial charge in [0.25, 0.3) is 11.7 Å². The number of aliphatic hydroxyl groups excluding tert-OH is 1. The summed E-state index contributed by atoms with van der Waals surface area (Å²) in [6, 6.07) is 24.2. The third-order valence-electron chi connectivity index (χ3n) is 5.99. The van der Waals surface area contributed by atoms with Crippen LogP contribution in [0.3, 0.4) is 0 Å². The molecule has 1 atom stereocenters. The molecule has 168 valence electrons. The molecule has 5 rings (SSSR count). The van der Waals surface area contributed by atoms with Gasteiger partial charge in [0.2, 0.25) is 0 Å². The highest BCUT2D eigenvalue weighted by Crippen LogP contribution is 2.43. The number of anilines is 1. The lowest BCUT2D eigenvalue weighted by Gasteiger charge is -2.25. The number of hydrogen-bond acceptors (Lipinski definition) is 4. The molecule has 0 aromatic heterocycles. The van der Waals surface area contributed by atoms with E-state index in [2.05, 4.69) is 0 Å². The third-order valence-corrected chi connectivity index (χ3v) is 5.99. The molecule has 1 heterocycles. The van der Waals surface area contributed by atoms with Crippen LogP contribution in [0.25, 0.3) is 16.5 Å². The Hall–Kier alpha value is -4.45. The summed E-state index contributed by atoms with van der Waals surface area (Å²) in [5.41, 5.74) is 1.12. The second-order valence-corrected chi connectivity index (χ2v) is 7.95. The molecule has 4 aromatic rings. The first kappa shape index (κ1) is 21.4. The SMILES string of the molecule is COc1cccc(C2/C(=C(/O)c3cccc4ccccc34)C(=O)C(=O)N2c2cccc(F)c2)c1. The van der Waals surface area contributed by atoms with Crippen LogP contribution in [0.5, 0.6) is 5.75 Å². The zero-order chi connectivity index (χ0) is 23.8. The van der Waals surface area contributed by atoms with E-state index in [4.69, 9.17) is 4.74 Å². The van der Waals surface area contributed by atoms with Crippen LogP contribution in [0, 0.1) is 5.82 Å². The molecule has 1 amide bonds. The van der Waals surface area contributed by atoms with E-state index in [1.165, 1.54) is 30.2 Å². The summed E-state index contributed by atoms with van der Waals surface area (Å²) in [4.78, 5) is 27.8. The summed E-state index contributed by atoms with van der Waals surface area (Å²) < 4.78 is 19.4. The third kappa shape index (κ3) is 3.49. The van der Waals surface area contributed by atoms with Gasteiger partial charge < -0.3 is 9.84 Å². The van der Waals surface area contributed by atoms with Gasteiger partial charge in [0.05, 0.1) is 18.7 Å². The minimum Gasteiger partial charge on any atom is -0.507 e. The van der Waals surface area contributed by atoms with Crippen molar-refractivity contribution in [2.75, 3.05) is 12.0 Å². The number of carbonyl (C=O) groups is 2.